The lowest BCUT2D eigenvalue weighted by Gasteiger charge is -2.12. The van der Waals surface area contributed by atoms with Gasteiger partial charge in [-0.15, -0.1) is 0 Å². The van der Waals surface area contributed by atoms with Gasteiger partial charge in [0.2, 0.25) is 0 Å². The molecule has 0 aromatic heterocycles. The van der Waals surface area contributed by atoms with E-state index in [1.165, 1.54) is 0 Å². The Kier molecular flexibility index (Phi) is 5.31. The van der Waals surface area contributed by atoms with Crippen molar-refractivity contribution in [2.75, 3.05) is 13.2 Å². The summed E-state index contributed by atoms with van der Waals surface area (Å²) in [5.74, 6) is 0. The molecule has 0 aliphatic rings. The van der Waals surface area contributed by atoms with Gasteiger partial charge in [0, 0.05) is 12.6 Å². The van der Waals surface area contributed by atoms with Crippen LogP contribution in [0.25, 0.3) is 0 Å². The van der Waals surface area contributed by atoms with E-state index in [0.717, 1.165) is 5.56 Å². The second kappa shape index (κ2) is 6.81. The molecule has 0 aliphatic carbocycles. The van der Waals surface area contributed by atoms with Crippen molar-refractivity contribution in [1.29, 1.82) is 0 Å². The fourth-order valence-electron chi connectivity index (χ4n) is 1.19. The van der Waals surface area contributed by atoms with Crippen LogP contribution in [-0.2, 0) is 11.3 Å². The molecule has 0 saturated carbocycles. The Morgan fingerprint density at radius 2 is 2.06 bits per heavy atom. The number of benzene rings is 1. The van der Waals surface area contributed by atoms with Gasteiger partial charge in [-0.1, -0.05) is 30.3 Å². The first-order valence-corrected chi connectivity index (χ1v) is 5.09. The Labute approximate surface area is 94.8 Å². The first-order chi connectivity index (χ1) is 7.68. The van der Waals surface area contributed by atoms with E-state index in [9.17, 15) is 4.79 Å². The molecular weight excluding hydrogens is 206 g/mol. The number of rotatable bonds is 6. The normalized spacial score (nSPS) is 12.1. The lowest BCUT2D eigenvalue weighted by molar-refractivity contribution is 0.108. The van der Waals surface area contributed by atoms with Crippen molar-refractivity contribution < 1.29 is 9.53 Å². The Morgan fingerprint density at radius 1 is 1.38 bits per heavy atom. The maximum atomic E-state index is 10.4. The standard InChI is InChI=1S/C11H17N3O2/c12-10(6-14-11(13)15)8-16-7-9-4-2-1-3-5-9/h1-5,10H,6-8,12H2,(H3,13,14,15)/t10-/m0/s1. The third-order valence-electron chi connectivity index (χ3n) is 1.98. The molecule has 1 atom stereocenters. The average Bonchev–Trinajstić information content (AvgIpc) is 2.28. The second-order valence-electron chi connectivity index (χ2n) is 3.51. The molecule has 0 aliphatic heterocycles. The van der Waals surface area contributed by atoms with E-state index in [-0.39, 0.29) is 6.04 Å². The quantitative estimate of drug-likeness (QED) is 0.643. The van der Waals surface area contributed by atoms with Crippen molar-refractivity contribution in [3.05, 3.63) is 35.9 Å². The molecule has 0 bridgehead atoms. The molecule has 0 unspecified atom stereocenters. The summed E-state index contributed by atoms with van der Waals surface area (Å²) < 4.78 is 5.40. The molecule has 0 spiro atoms. The van der Waals surface area contributed by atoms with Gasteiger partial charge in [0.25, 0.3) is 0 Å². The minimum atomic E-state index is -0.571. The van der Waals surface area contributed by atoms with Gasteiger partial charge in [-0.2, -0.15) is 0 Å². The lowest BCUT2D eigenvalue weighted by Crippen LogP contribution is -2.42. The van der Waals surface area contributed by atoms with Crippen molar-refractivity contribution in [3.8, 4) is 0 Å². The molecule has 1 aromatic rings. The maximum absolute atomic E-state index is 10.4. The van der Waals surface area contributed by atoms with Gasteiger partial charge < -0.3 is 21.5 Å². The first-order valence-electron chi connectivity index (χ1n) is 5.09. The zero-order chi connectivity index (χ0) is 11.8. The number of amides is 2. The number of primary amides is 1. The van der Waals surface area contributed by atoms with E-state index in [2.05, 4.69) is 5.32 Å². The highest BCUT2D eigenvalue weighted by Gasteiger charge is 2.03. The highest BCUT2D eigenvalue weighted by Crippen LogP contribution is 2.00. The van der Waals surface area contributed by atoms with Crippen LogP contribution in [0.1, 0.15) is 5.56 Å². The molecule has 5 N–H and O–H groups in total. The monoisotopic (exact) mass is 223 g/mol. The summed E-state index contributed by atoms with van der Waals surface area (Å²) in [5, 5.41) is 2.43. The van der Waals surface area contributed by atoms with Gasteiger partial charge in [0.1, 0.15) is 0 Å². The molecule has 5 nitrogen and oxygen atoms in total. The van der Waals surface area contributed by atoms with Crippen molar-refractivity contribution in [2.45, 2.75) is 12.6 Å². The summed E-state index contributed by atoms with van der Waals surface area (Å²) in [6, 6.07) is 9.00. The van der Waals surface area contributed by atoms with Gasteiger partial charge in [-0.3, -0.25) is 0 Å². The van der Waals surface area contributed by atoms with Gasteiger partial charge in [-0.25, -0.2) is 4.79 Å². The van der Waals surface area contributed by atoms with E-state index in [4.69, 9.17) is 16.2 Å². The third kappa shape index (κ3) is 5.33. The Hall–Kier alpha value is -1.59. The summed E-state index contributed by atoms with van der Waals surface area (Å²) in [6.07, 6.45) is 0. The van der Waals surface area contributed by atoms with Crippen LogP contribution in [0.2, 0.25) is 0 Å². The highest BCUT2D eigenvalue weighted by atomic mass is 16.5. The Balaban J connectivity index is 2.13. The largest absolute Gasteiger partial charge is 0.375 e. The predicted molar refractivity (Wildman–Crippen MR) is 61.7 cm³/mol. The lowest BCUT2D eigenvalue weighted by atomic mass is 10.2. The summed E-state index contributed by atoms with van der Waals surface area (Å²) in [5.41, 5.74) is 11.7. The van der Waals surface area contributed by atoms with E-state index in [1.807, 2.05) is 30.3 Å². The molecule has 0 saturated heterocycles. The Morgan fingerprint density at radius 3 is 2.69 bits per heavy atom. The Bertz CT molecular complexity index is 316. The van der Waals surface area contributed by atoms with E-state index in [1.54, 1.807) is 0 Å². The van der Waals surface area contributed by atoms with Crippen LogP contribution in [0, 0.1) is 0 Å². The number of nitrogens with two attached hydrogens (primary N) is 2. The summed E-state index contributed by atoms with van der Waals surface area (Å²) in [4.78, 5) is 10.4. The SMILES string of the molecule is NC(=O)NC[C@H](N)COCc1ccccc1. The zero-order valence-electron chi connectivity index (χ0n) is 9.06. The van der Waals surface area contributed by atoms with Crippen molar-refractivity contribution in [3.63, 3.8) is 0 Å². The van der Waals surface area contributed by atoms with Crippen LogP contribution in [0.3, 0.4) is 0 Å². The third-order valence-corrected chi connectivity index (χ3v) is 1.98. The van der Waals surface area contributed by atoms with Gasteiger partial charge in [0.05, 0.1) is 13.2 Å². The van der Waals surface area contributed by atoms with Crippen molar-refractivity contribution >= 4 is 6.03 Å². The number of ether oxygens (including phenoxy) is 1. The molecule has 16 heavy (non-hydrogen) atoms. The molecule has 0 heterocycles. The molecule has 1 aromatic carbocycles. The van der Waals surface area contributed by atoms with Gasteiger partial charge in [0.15, 0.2) is 0 Å². The number of nitrogens with one attached hydrogen (secondary N) is 1. The summed E-state index contributed by atoms with van der Waals surface area (Å²) >= 11 is 0. The van der Waals surface area contributed by atoms with Crippen LogP contribution in [0.15, 0.2) is 30.3 Å². The maximum Gasteiger partial charge on any atom is 0.312 e. The minimum absolute atomic E-state index is 0.240. The number of urea groups is 1. The van der Waals surface area contributed by atoms with Crippen molar-refractivity contribution in [1.82, 2.24) is 5.32 Å². The average molecular weight is 223 g/mol. The number of carbonyl (C=O) groups excluding carboxylic acids is 1. The molecular formula is C11H17N3O2. The van der Waals surface area contributed by atoms with E-state index in [0.29, 0.717) is 19.8 Å². The fourth-order valence-corrected chi connectivity index (χ4v) is 1.19. The van der Waals surface area contributed by atoms with Crippen LogP contribution in [-0.4, -0.2) is 25.2 Å². The number of hydrogen-bond donors (Lipinski definition) is 3. The molecule has 2 amide bonds. The van der Waals surface area contributed by atoms with E-state index < -0.39 is 6.03 Å². The predicted octanol–water partition coefficient (Wildman–Crippen LogP) is 0.199. The van der Waals surface area contributed by atoms with Gasteiger partial charge >= 0.3 is 6.03 Å². The number of carbonyl (C=O) groups is 1. The molecule has 1 rings (SSSR count). The van der Waals surface area contributed by atoms with Crippen molar-refractivity contribution in [2.24, 2.45) is 11.5 Å². The molecule has 88 valence electrons. The summed E-state index contributed by atoms with van der Waals surface area (Å²) in [6.45, 7) is 1.23. The molecule has 0 radical (unpaired) electrons. The molecule has 0 fully saturated rings. The second-order valence-corrected chi connectivity index (χ2v) is 3.51. The summed E-state index contributed by atoms with van der Waals surface area (Å²) in [7, 11) is 0. The zero-order valence-corrected chi connectivity index (χ0v) is 9.06. The molecule has 5 heteroatoms. The number of hydrogen-bond acceptors (Lipinski definition) is 3. The first kappa shape index (κ1) is 12.5. The van der Waals surface area contributed by atoms with Crippen LogP contribution < -0.4 is 16.8 Å². The van der Waals surface area contributed by atoms with Crippen LogP contribution >= 0.6 is 0 Å². The smallest absolute Gasteiger partial charge is 0.312 e. The van der Waals surface area contributed by atoms with Gasteiger partial charge in [-0.05, 0) is 5.56 Å². The highest BCUT2D eigenvalue weighted by molar-refractivity contribution is 5.71. The fraction of sp³-hybridized carbons (Fsp3) is 0.364. The van der Waals surface area contributed by atoms with Crippen LogP contribution in [0.4, 0.5) is 4.79 Å². The topological polar surface area (TPSA) is 90.4 Å². The minimum Gasteiger partial charge on any atom is -0.375 e. The van der Waals surface area contributed by atoms with Crippen LogP contribution in [0.5, 0.6) is 0 Å². The van der Waals surface area contributed by atoms with E-state index >= 15 is 0 Å².